The van der Waals surface area contributed by atoms with Crippen LogP contribution in [-0.4, -0.2) is 33.2 Å². The number of halogens is 2. The minimum Gasteiger partial charge on any atom is -0.381 e. The van der Waals surface area contributed by atoms with E-state index in [0.29, 0.717) is 12.2 Å². The quantitative estimate of drug-likeness (QED) is 0.615. The maximum atomic E-state index is 13.1. The molecule has 0 aliphatic rings. The summed E-state index contributed by atoms with van der Waals surface area (Å²) < 4.78 is 25.7. The summed E-state index contributed by atoms with van der Waals surface area (Å²) in [6.07, 6.45) is 0. The zero-order valence-electron chi connectivity index (χ0n) is 9.32. The lowest BCUT2D eigenvalue weighted by Crippen LogP contribution is -2.29. The van der Waals surface area contributed by atoms with Crippen LogP contribution >= 0.6 is 0 Å². The number of likely N-dealkylation sites (N-methyl/N-ethyl adjacent to an activating group) is 1. The molecule has 0 unspecified atom stereocenters. The highest BCUT2D eigenvalue weighted by atomic mass is 19.1. The van der Waals surface area contributed by atoms with E-state index in [4.69, 9.17) is 0 Å². The Hall–Kier alpha value is -1.20. The standard InChI is InChI=1S/C11H17F2N3/c1-14-4-5-15-6-7-16-11-3-2-9(12)8-10(11)13/h2-3,8,14-16H,4-7H2,1H3. The highest BCUT2D eigenvalue weighted by Gasteiger charge is 2.01. The first-order valence-corrected chi connectivity index (χ1v) is 5.28. The molecule has 0 amide bonds. The molecule has 0 fully saturated rings. The summed E-state index contributed by atoms with van der Waals surface area (Å²) in [5.41, 5.74) is 0.330. The van der Waals surface area contributed by atoms with Gasteiger partial charge in [0, 0.05) is 32.2 Å². The lowest BCUT2D eigenvalue weighted by Gasteiger charge is -2.08. The summed E-state index contributed by atoms with van der Waals surface area (Å²) >= 11 is 0. The number of rotatable bonds is 7. The Labute approximate surface area is 94.2 Å². The Kier molecular flexibility index (Phi) is 5.74. The van der Waals surface area contributed by atoms with Gasteiger partial charge in [0.25, 0.3) is 0 Å². The van der Waals surface area contributed by atoms with Crippen molar-refractivity contribution in [2.75, 3.05) is 38.5 Å². The highest BCUT2D eigenvalue weighted by molar-refractivity contribution is 5.44. The molecule has 5 heteroatoms. The van der Waals surface area contributed by atoms with Crippen molar-refractivity contribution in [2.45, 2.75) is 0 Å². The first kappa shape index (κ1) is 12.9. The first-order chi connectivity index (χ1) is 7.74. The summed E-state index contributed by atoms with van der Waals surface area (Å²) in [6.45, 7) is 3.10. The van der Waals surface area contributed by atoms with E-state index in [0.717, 1.165) is 25.7 Å². The van der Waals surface area contributed by atoms with Crippen LogP contribution in [0.3, 0.4) is 0 Å². The van der Waals surface area contributed by atoms with E-state index in [1.165, 1.54) is 12.1 Å². The fourth-order valence-electron chi connectivity index (χ4n) is 1.26. The number of nitrogens with one attached hydrogen (secondary N) is 3. The predicted octanol–water partition coefficient (Wildman–Crippen LogP) is 1.19. The summed E-state index contributed by atoms with van der Waals surface area (Å²) in [6, 6.07) is 3.51. The van der Waals surface area contributed by atoms with Gasteiger partial charge in [-0.25, -0.2) is 8.78 Å². The van der Waals surface area contributed by atoms with E-state index in [-0.39, 0.29) is 0 Å². The van der Waals surface area contributed by atoms with Gasteiger partial charge in [0.15, 0.2) is 0 Å². The molecule has 0 saturated heterocycles. The second-order valence-electron chi connectivity index (χ2n) is 3.40. The van der Waals surface area contributed by atoms with Crippen LogP contribution in [0.25, 0.3) is 0 Å². The second kappa shape index (κ2) is 7.14. The fraction of sp³-hybridized carbons (Fsp3) is 0.455. The van der Waals surface area contributed by atoms with E-state index >= 15 is 0 Å². The Morgan fingerprint density at radius 2 is 1.81 bits per heavy atom. The molecule has 90 valence electrons. The van der Waals surface area contributed by atoms with Crippen molar-refractivity contribution in [1.29, 1.82) is 0 Å². The molecule has 0 radical (unpaired) electrons. The summed E-state index contributed by atoms with van der Waals surface area (Å²) in [4.78, 5) is 0. The Bertz CT molecular complexity index is 318. The Morgan fingerprint density at radius 1 is 1.06 bits per heavy atom. The smallest absolute Gasteiger partial charge is 0.149 e. The van der Waals surface area contributed by atoms with E-state index in [2.05, 4.69) is 16.0 Å². The molecule has 1 aromatic rings. The van der Waals surface area contributed by atoms with Crippen molar-refractivity contribution in [3.63, 3.8) is 0 Å². The van der Waals surface area contributed by atoms with Gasteiger partial charge in [-0.1, -0.05) is 0 Å². The van der Waals surface area contributed by atoms with E-state index in [1.807, 2.05) is 7.05 Å². The summed E-state index contributed by atoms with van der Waals surface area (Å²) in [7, 11) is 1.88. The van der Waals surface area contributed by atoms with Gasteiger partial charge >= 0.3 is 0 Å². The molecule has 0 spiro atoms. The molecule has 0 heterocycles. The topological polar surface area (TPSA) is 36.1 Å². The number of benzene rings is 1. The van der Waals surface area contributed by atoms with Crippen molar-refractivity contribution in [3.05, 3.63) is 29.8 Å². The van der Waals surface area contributed by atoms with Crippen LogP contribution in [0.5, 0.6) is 0 Å². The number of hydrogen-bond donors (Lipinski definition) is 3. The Morgan fingerprint density at radius 3 is 2.50 bits per heavy atom. The zero-order valence-corrected chi connectivity index (χ0v) is 9.32. The third-order valence-corrected chi connectivity index (χ3v) is 2.10. The van der Waals surface area contributed by atoms with Crippen LogP contribution in [0.4, 0.5) is 14.5 Å². The number of hydrogen-bond acceptors (Lipinski definition) is 3. The normalized spacial score (nSPS) is 10.4. The minimum atomic E-state index is -0.560. The average Bonchev–Trinajstić information content (AvgIpc) is 2.26. The highest BCUT2D eigenvalue weighted by Crippen LogP contribution is 2.13. The SMILES string of the molecule is CNCCNCCNc1ccc(F)cc1F. The molecule has 0 aliphatic heterocycles. The largest absolute Gasteiger partial charge is 0.381 e. The summed E-state index contributed by atoms with van der Waals surface area (Å²) in [5.74, 6) is -1.12. The van der Waals surface area contributed by atoms with Gasteiger partial charge in [-0.15, -0.1) is 0 Å². The third-order valence-electron chi connectivity index (χ3n) is 2.10. The van der Waals surface area contributed by atoms with E-state index in [1.54, 1.807) is 0 Å². The molecule has 1 rings (SSSR count). The molecule has 3 nitrogen and oxygen atoms in total. The third kappa shape index (κ3) is 4.55. The fourth-order valence-corrected chi connectivity index (χ4v) is 1.26. The maximum Gasteiger partial charge on any atom is 0.149 e. The molecule has 0 saturated carbocycles. The van der Waals surface area contributed by atoms with Gasteiger partial charge in [-0.3, -0.25) is 0 Å². The van der Waals surface area contributed by atoms with Crippen molar-refractivity contribution in [3.8, 4) is 0 Å². The lowest BCUT2D eigenvalue weighted by molar-refractivity contribution is 0.584. The van der Waals surface area contributed by atoms with Gasteiger partial charge < -0.3 is 16.0 Å². The van der Waals surface area contributed by atoms with Gasteiger partial charge in [-0.05, 0) is 19.2 Å². The van der Waals surface area contributed by atoms with Crippen LogP contribution in [0.2, 0.25) is 0 Å². The molecule has 0 aromatic heterocycles. The maximum absolute atomic E-state index is 13.1. The van der Waals surface area contributed by atoms with Crippen LogP contribution in [-0.2, 0) is 0 Å². The van der Waals surface area contributed by atoms with Gasteiger partial charge in [0.05, 0.1) is 5.69 Å². The Balaban J connectivity index is 2.21. The molecule has 3 N–H and O–H groups in total. The van der Waals surface area contributed by atoms with Crippen LogP contribution in [0.1, 0.15) is 0 Å². The van der Waals surface area contributed by atoms with E-state index < -0.39 is 11.6 Å². The van der Waals surface area contributed by atoms with Crippen molar-refractivity contribution in [1.82, 2.24) is 10.6 Å². The van der Waals surface area contributed by atoms with Gasteiger partial charge in [-0.2, -0.15) is 0 Å². The monoisotopic (exact) mass is 229 g/mol. The van der Waals surface area contributed by atoms with E-state index in [9.17, 15) is 8.78 Å². The van der Waals surface area contributed by atoms with Crippen molar-refractivity contribution >= 4 is 5.69 Å². The average molecular weight is 229 g/mol. The van der Waals surface area contributed by atoms with Crippen LogP contribution in [0, 0.1) is 11.6 Å². The summed E-state index contributed by atoms with van der Waals surface area (Å²) in [5, 5.41) is 9.07. The van der Waals surface area contributed by atoms with Crippen molar-refractivity contribution < 1.29 is 8.78 Å². The molecule has 0 atom stereocenters. The molecular weight excluding hydrogens is 212 g/mol. The van der Waals surface area contributed by atoms with Gasteiger partial charge in [0.1, 0.15) is 11.6 Å². The zero-order chi connectivity index (χ0) is 11.8. The van der Waals surface area contributed by atoms with Gasteiger partial charge in [0.2, 0.25) is 0 Å². The molecule has 0 aliphatic carbocycles. The molecule has 0 bridgehead atoms. The second-order valence-corrected chi connectivity index (χ2v) is 3.40. The van der Waals surface area contributed by atoms with Crippen LogP contribution < -0.4 is 16.0 Å². The minimum absolute atomic E-state index is 0.330. The van der Waals surface area contributed by atoms with Crippen molar-refractivity contribution in [2.24, 2.45) is 0 Å². The lowest BCUT2D eigenvalue weighted by atomic mass is 10.3. The molecule has 1 aromatic carbocycles. The van der Waals surface area contributed by atoms with Crippen LogP contribution in [0.15, 0.2) is 18.2 Å². The predicted molar refractivity (Wildman–Crippen MR) is 61.6 cm³/mol. The molecule has 16 heavy (non-hydrogen) atoms. The first-order valence-electron chi connectivity index (χ1n) is 5.28. The number of anilines is 1. The molecular formula is C11H17F2N3.